The van der Waals surface area contributed by atoms with Crippen molar-refractivity contribution < 1.29 is 14.7 Å². The zero-order valence-electron chi connectivity index (χ0n) is 13.4. The third-order valence-electron chi connectivity index (χ3n) is 3.45. The maximum Gasteiger partial charge on any atom is 0.305 e. The van der Waals surface area contributed by atoms with E-state index in [1.54, 1.807) is 4.90 Å². The summed E-state index contributed by atoms with van der Waals surface area (Å²) in [6, 6.07) is 0. The second-order valence-corrected chi connectivity index (χ2v) is 5.36. The number of carboxylic acid groups (broad SMARTS) is 1. The predicted octanol–water partition coefficient (Wildman–Crippen LogP) is 2.07. The van der Waals surface area contributed by atoms with Gasteiger partial charge in [0.2, 0.25) is 5.91 Å². The Morgan fingerprint density at radius 2 is 1.55 bits per heavy atom. The molecule has 0 aliphatic heterocycles. The largest absolute Gasteiger partial charge is 0.481 e. The quantitative estimate of drug-likeness (QED) is 0.591. The van der Waals surface area contributed by atoms with Crippen LogP contribution in [0.3, 0.4) is 0 Å². The normalized spacial score (nSPS) is 11.1. The number of carbonyl (C=O) groups is 2. The van der Waals surface area contributed by atoms with Gasteiger partial charge in [-0.15, -0.1) is 0 Å². The number of amides is 1. The summed E-state index contributed by atoms with van der Waals surface area (Å²) >= 11 is 0. The molecule has 0 saturated carbocycles. The van der Waals surface area contributed by atoms with Gasteiger partial charge >= 0.3 is 5.97 Å². The fraction of sp³-hybridized carbons (Fsp3) is 0.867. The Labute approximate surface area is 122 Å². The molecular weight excluding hydrogens is 256 g/mol. The van der Waals surface area contributed by atoms with Crippen molar-refractivity contribution in [1.82, 2.24) is 9.80 Å². The minimum atomic E-state index is -0.852. The lowest BCUT2D eigenvalue weighted by Gasteiger charge is -2.25. The Balaban J connectivity index is 4.15. The second kappa shape index (κ2) is 10.7. The minimum absolute atomic E-state index is 0.0223. The van der Waals surface area contributed by atoms with Gasteiger partial charge in [0.15, 0.2) is 0 Å². The zero-order chi connectivity index (χ0) is 15.5. The molecule has 0 aromatic rings. The van der Waals surface area contributed by atoms with Gasteiger partial charge in [0.05, 0.1) is 6.42 Å². The van der Waals surface area contributed by atoms with Gasteiger partial charge in [-0.05, 0) is 32.5 Å². The molecule has 0 aliphatic carbocycles. The van der Waals surface area contributed by atoms with Crippen LogP contribution in [0.5, 0.6) is 0 Å². The molecule has 1 N–H and O–H groups in total. The SMILES string of the molecule is CCN(CC)CCCCN(CCC(=O)O)C(=O)C(C)C. The van der Waals surface area contributed by atoms with Crippen LogP contribution in [-0.2, 0) is 9.59 Å². The highest BCUT2D eigenvalue weighted by Crippen LogP contribution is 2.06. The summed E-state index contributed by atoms with van der Waals surface area (Å²) in [4.78, 5) is 26.7. The van der Waals surface area contributed by atoms with Crippen LogP contribution in [0.25, 0.3) is 0 Å². The first kappa shape index (κ1) is 18.9. The van der Waals surface area contributed by atoms with Crippen molar-refractivity contribution in [1.29, 1.82) is 0 Å². The number of unbranched alkanes of at least 4 members (excludes halogenated alkanes) is 1. The molecule has 0 bridgehead atoms. The fourth-order valence-electron chi connectivity index (χ4n) is 2.11. The van der Waals surface area contributed by atoms with Crippen molar-refractivity contribution in [2.45, 2.75) is 47.0 Å². The molecule has 0 rings (SSSR count). The van der Waals surface area contributed by atoms with Gasteiger partial charge in [-0.2, -0.15) is 0 Å². The molecule has 5 nitrogen and oxygen atoms in total. The summed E-state index contributed by atoms with van der Waals surface area (Å²) in [5, 5.41) is 8.75. The first-order valence-electron chi connectivity index (χ1n) is 7.65. The standard InChI is InChI=1S/C15H30N2O3/c1-5-16(6-2)10-7-8-11-17(12-9-14(18)19)15(20)13(3)4/h13H,5-12H2,1-4H3,(H,18,19). The maximum atomic E-state index is 12.0. The summed E-state index contributed by atoms with van der Waals surface area (Å²) in [6.07, 6.45) is 1.99. The number of aliphatic carboxylic acids is 1. The highest BCUT2D eigenvalue weighted by Gasteiger charge is 2.17. The van der Waals surface area contributed by atoms with Crippen molar-refractivity contribution in [2.24, 2.45) is 5.92 Å². The third kappa shape index (κ3) is 8.15. The molecule has 0 radical (unpaired) electrons. The van der Waals surface area contributed by atoms with Crippen molar-refractivity contribution in [3.8, 4) is 0 Å². The highest BCUT2D eigenvalue weighted by atomic mass is 16.4. The molecule has 118 valence electrons. The molecule has 0 saturated heterocycles. The number of nitrogens with zero attached hydrogens (tertiary/aromatic N) is 2. The lowest BCUT2D eigenvalue weighted by Crippen LogP contribution is -2.37. The molecule has 0 aromatic heterocycles. The highest BCUT2D eigenvalue weighted by molar-refractivity contribution is 5.78. The number of hydrogen-bond acceptors (Lipinski definition) is 3. The van der Waals surface area contributed by atoms with Crippen LogP contribution in [0.4, 0.5) is 0 Å². The van der Waals surface area contributed by atoms with Gasteiger partial charge in [0.1, 0.15) is 0 Å². The van der Waals surface area contributed by atoms with Crippen molar-refractivity contribution in [3.05, 3.63) is 0 Å². The van der Waals surface area contributed by atoms with E-state index in [0.29, 0.717) is 13.1 Å². The van der Waals surface area contributed by atoms with Gasteiger partial charge in [-0.3, -0.25) is 9.59 Å². The Kier molecular flexibility index (Phi) is 10.1. The van der Waals surface area contributed by atoms with E-state index in [0.717, 1.165) is 32.5 Å². The summed E-state index contributed by atoms with van der Waals surface area (Å²) in [6.45, 7) is 12.1. The molecule has 0 fully saturated rings. The molecule has 5 heteroatoms. The van der Waals surface area contributed by atoms with E-state index in [4.69, 9.17) is 5.11 Å². The summed E-state index contributed by atoms with van der Waals surface area (Å²) in [5.41, 5.74) is 0. The average Bonchev–Trinajstić information content (AvgIpc) is 2.41. The van der Waals surface area contributed by atoms with E-state index in [-0.39, 0.29) is 18.2 Å². The predicted molar refractivity (Wildman–Crippen MR) is 80.7 cm³/mol. The molecule has 0 atom stereocenters. The topological polar surface area (TPSA) is 60.9 Å². The average molecular weight is 286 g/mol. The number of carbonyl (C=O) groups excluding carboxylic acids is 1. The fourth-order valence-corrected chi connectivity index (χ4v) is 2.11. The van der Waals surface area contributed by atoms with Crippen molar-refractivity contribution in [2.75, 3.05) is 32.7 Å². The molecule has 20 heavy (non-hydrogen) atoms. The first-order valence-corrected chi connectivity index (χ1v) is 7.65. The van der Waals surface area contributed by atoms with Gasteiger partial charge < -0.3 is 14.9 Å². The monoisotopic (exact) mass is 286 g/mol. The molecular formula is C15H30N2O3. The van der Waals surface area contributed by atoms with Crippen molar-refractivity contribution in [3.63, 3.8) is 0 Å². The molecule has 1 amide bonds. The number of carboxylic acids is 1. The van der Waals surface area contributed by atoms with E-state index < -0.39 is 5.97 Å². The van der Waals surface area contributed by atoms with E-state index in [2.05, 4.69) is 18.7 Å². The van der Waals surface area contributed by atoms with Crippen LogP contribution in [0.1, 0.15) is 47.0 Å². The van der Waals surface area contributed by atoms with Crippen LogP contribution in [0, 0.1) is 5.92 Å². The van der Waals surface area contributed by atoms with Crippen molar-refractivity contribution >= 4 is 11.9 Å². The van der Waals surface area contributed by atoms with Crippen LogP contribution < -0.4 is 0 Å². The van der Waals surface area contributed by atoms with Gasteiger partial charge in [0.25, 0.3) is 0 Å². The van der Waals surface area contributed by atoms with E-state index in [1.807, 2.05) is 13.8 Å². The smallest absolute Gasteiger partial charge is 0.305 e. The Morgan fingerprint density at radius 3 is 2.00 bits per heavy atom. The third-order valence-corrected chi connectivity index (χ3v) is 3.45. The van der Waals surface area contributed by atoms with E-state index in [1.165, 1.54) is 0 Å². The lowest BCUT2D eigenvalue weighted by atomic mass is 10.1. The Hall–Kier alpha value is -1.10. The van der Waals surface area contributed by atoms with E-state index in [9.17, 15) is 9.59 Å². The summed E-state index contributed by atoms with van der Waals surface area (Å²) in [5.74, 6) is -0.879. The molecule has 0 aromatic carbocycles. The molecule has 0 spiro atoms. The Bertz CT molecular complexity index is 289. The minimum Gasteiger partial charge on any atom is -0.481 e. The maximum absolute atomic E-state index is 12.0. The van der Waals surface area contributed by atoms with Crippen LogP contribution in [0.15, 0.2) is 0 Å². The first-order chi connectivity index (χ1) is 9.42. The molecule has 0 unspecified atom stereocenters. The lowest BCUT2D eigenvalue weighted by molar-refractivity contribution is -0.139. The molecule has 0 aliphatic rings. The summed E-state index contributed by atoms with van der Waals surface area (Å²) in [7, 11) is 0. The van der Waals surface area contributed by atoms with Gasteiger partial charge in [0, 0.05) is 19.0 Å². The van der Waals surface area contributed by atoms with Gasteiger partial charge in [-0.1, -0.05) is 27.7 Å². The van der Waals surface area contributed by atoms with E-state index >= 15 is 0 Å². The number of hydrogen-bond donors (Lipinski definition) is 1. The second-order valence-electron chi connectivity index (χ2n) is 5.36. The number of rotatable bonds is 11. The van der Waals surface area contributed by atoms with Crippen LogP contribution >= 0.6 is 0 Å². The van der Waals surface area contributed by atoms with Crippen LogP contribution in [0.2, 0.25) is 0 Å². The van der Waals surface area contributed by atoms with Crippen LogP contribution in [-0.4, -0.2) is 59.5 Å². The summed E-state index contributed by atoms with van der Waals surface area (Å²) < 4.78 is 0. The van der Waals surface area contributed by atoms with Gasteiger partial charge in [-0.25, -0.2) is 0 Å². The molecule has 0 heterocycles. The zero-order valence-corrected chi connectivity index (χ0v) is 13.4. The Morgan fingerprint density at radius 1 is 1.00 bits per heavy atom.